The van der Waals surface area contributed by atoms with Crippen molar-refractivity contribution in [2.45, 2.75) is 43.6 Å². The normalized spacial score (nSPS) is 22.2. The summed E-state index contributed by atoms with van der Waals surface area (Å²) >= 11 is 0. The zero-order valence-electron chi connectivity index (χ0n) is 27.6. The second-order valence-corrected chi connectivity index (χ2v) is 13.1. The molecule has 3 aliphatic heterocycles. The number of morpholine rings is 1. The van der Waals surface area contributed by atoms with Gasteiger partial charge >= 0.3 is 0 Å². The van der Waals surface area contributed by atoms with E-state index in [1.54, 1.807) is 4.90 Å². The zero-order valence-corrected chi connectivity index (χ0v) is 27.6. The molecule has 2 unspecified atom stereocenters. The van der Waals surface area contributed by atoms with E-state index < -0.39 is 5.41 Å². The highest BCUT2D eigenvalue weighted by Crippen LogP contribution is 2.46. The van der Waals surface area contributed by atoms with Crippen LogP contribution in [-0.4, -0.2) is 131 Å². The highest BCUT2D eigenvalue weighted by atomic mass is 16.5. The quantitative estimate of drug-likeness (QED) is 0.290. The van der Waals surface area contributed by atoms with Crippen molar-refractivity contribution in [1.82, 2.24) is 46.0 Å². The first-order chi connectivity index (χ1) is 24.0. The van der Waals surface area contributed by atoms with Gasteiger partial charge in [0.2, 0.25) is 5.91 Å². The van der Waals surface area contributed by atoms with Crippen LogP contribution in [0.25, 0.3) is 0 Å². The molecule has 0 bridgehead atoms. The lowest BCUT2D eigenvalue weighted by atomic mass is 9.69. The summed E-state index contributed by atoms with van der Waals surface area (Å²) < 4.78 is 5.47. The maximum Gasteiger partial charge on any atom is 0.254 e. The number of likely N-dealkylation sites (tertiary alicyclic amines) is 1. The average molecular weight is 667 g/mol. The Morgan fingerprint density at radius 1 is 0.939 bits per heavy atom. The van der Waals surface area contributed by atoms with Gasteiger partial charge in [0.05, 0.1) is 31.2 Å². The molecule has 2 atom stereocenters. The highest BCUT2D eigenvalue weighted by molar-refractivity contribution is 5.95. The number of benzene rings is 2. The molecule has 14 nitrogen and oxygen atoms in total. The standard InChI is InChI=1S/C35H42N10O4/c36-22-28-2-1-13-45(28)31(46)23-38-10-9-35(34-39-41-42-40-34)29-7-5-26(32(47)43-14-11-37-12-15-43)20-24(29)3-4-25-21-27(6-8-30(25)35)33(48)44-16-18-49-19-17-44/h5-8,20-21,28,37-38H,1-4,9-19,23H2,(H,39,40,41,42). The molecule has 0 saturated carbocycles. The van der Waals surface area contributed by atoms with E-state index in [1.807, 2.05) is 46.2 Å². The fourth-order valence-corrected chi connectivity index (χ4v) is 7.85. The van der Waals surface area contributed by atoms with E-state index in [9.17, 15) is 19.6 Å². The Balaban J connectivity index is 1.25. The minimum atomic E-state index is -0.899. The van der Waals surface area contributed by atoms with Gasteiger partial charge in [0.15, 0.2) is 5.82 Å². The molecule has 1 aliphatic carbocycles. The van der Waals surface area contributed by atoms with Crippen molar-refractivity contribution in [3.05, 3.63) is 75.6 Å². The minimum Gasteiger partial charge on any atom is -0.378 e. The van der Waals surface area contributed by atoms with Crippen LogP contribution in [0, 0.1) is 11.3 Å². The Morgan fingerprint density at radius 2 is 1.59 bits per heavy atom. The Labute approximate surface area is 285 Å². The summed E-state index contributed by atoms with van der Waals surface area (Å²) in [6, 6.07) is 13.7. The average Bonchev–Trinajstić information content (AvgIpc) is 3.86. The number of aromatic amines is 1. The van der Waals surface area contributed by atoms with E-state index in [0.717, 1.165) is 41.8 Å². The van der Waals surface area contributed by atoms with Gasteiger partial charge in [-0.05, 0) is 85.2 Å². The molecule has 2 aromatic carbocycles. The number of nitrogens with one attached hydrogen (secondary N) is 3. The van der Waals surface area contributed by atoms with E-state index in [-0.39, 0.29) is 30.3 Å². The van der Waals surface area contributed by atoms with E-state index in [4.69, 9.17) is 4.74 Å². The number of amides is 3. The molecule has 256 valence electrons. The molecule has 4 aliphatic rings. The number of nitriles is 1. The zero-order chi connectivity index (χ0) is 33.8. The minimum absolute atomic E-state index is 0.00683. The molecule has 3 N–H and O–H groups in total. The predicted molar refractivity (Wildman–Crippen MR) is 178 cm³/mol. The van der Waals surface area contributed by atoms with Gasteiger partial charge in [-0.1, -0.05) is 17.3 Å². The van der Waals surface area contributed by atoms with Crippen LogP contribution in [0.5, 0.6) is 0 Å². The van der Waals surface area contributed by atoms with Crippen molar-refractivity contribution in [3.8, 4) is 6.07 Å². The summed E-state index contributed by atoms with van der Waals surface area (Å²) in [4.78, 5) is 45.7. The molecular weight excluding hydrogens is 624 g/mol. The first kappa shape index (κ1) is 32.8. The van der Waals surface area contributed by atoms with Crippen molar-refractivity contribution >= 4 is 17.7 Å². The summed E-state index contributed by atoms with van der Waals surface area (Å²) in [6.45, 7) is 6.11. The smallest absolute Gasteiger partial charge is 0.254 e. The number of tetrazole rings is 1. The van der Waals surface area contributed by atoms with Crippen LogP contribution in [0.3, 0.4) is 0 Å². The summed E-state index contributed by atoms with van der Waals surface area (Å²) in [7, 11) is 0. The van der Waals surface area contributed by atoms with E-state index in [2.05, 4.69) is 37.3 Å². The monoisotopic (exact) mass is 666 g/mol. The van der Waals surface area contributed by atoms with Crippen LogP contribution in [0.15, 0.2) is 36.4 Å². The van der Waals surface area contributed by atoms with Crippen LogP contribution in [0.1, 0.15) is 68.1 Å². The number of carbonyl (C=O) groups excluding carboxylic acids is 3. The second-order valence-electron chi connectivity index (χ2n) is 13.1. The van der Waals surface area contributed by atoms with E-state index in [0.29, 0.717) is 95.1 Å². The first-order valence-electron chi connectivity index (χ1n) is 17.3. The molecular formula is C35H42N10O4. The fourth-order valence-electron chi connectivity index (χ4n) is 7.85. The lowest BCUT2D eigenvalue weighted by molar-refractivity contribution is -0.130. The number of aryl methyl sites for hydroxylation is 2. The topological polar surface area (TPSA) is 172 Å². The van der Waals surface area contributed by atoms with Crippen LogP contribution in [0.2, 0.25) is 0 Å². The number of nitrogens with zero attached hydrogens (tertiary/aromatic N) is 7. The number of aromatic nitrogens is 4. The fraction of sp³-hybridized carbons (Fsp3) is 0.514. The Kier molecular flexibility index (Phi) is 9.65. The number of piperazine rings is 1. The molecule has 1 aromatic heterocycles. The van der Waals surface area contributed by atoms with Gasteiger partial charge in [-0.15, -0.1) is 10.2 Å². The molecule has 3 amide bonds. The SMILES string of the molecule is N#CC1CCCN1C(=O)CNCCC1(c2nn[nH]n2)c2ccc(C(=O)N3CCNCC3)cc2CCc2cc(C(=O)N3CCOCC3)ccc21. The number of carbonyl (C=O) groups is 3. The largest absolute Gasteiger partial charge is 0.378 e. The van der Waals surface area contributed by atoms with Crippen LogP contribution in [-0.2, 0) is 27.8 Å². The first-order valence-corrected chi connectivity index (χ1v) is 17.3. The molecule has 49 heavy (non-hydrogen) atoms. The number of H-pyrrole nitrogens is 1. The molecule has 3 fully saturated rings. The van der Waals surface area contributed by atoms with Crippen LogP contribution in [0.4, 0.5) is 0 Å². The van der Waals surface area contributed by atoms with E-state index >= 15 is 0 Å². The predicted octanol–water partition coefficient (Wildman–Crippen LogP) is 0.645. The maximum atomic E-state index is 13.6. The van der Waals surface area contributed by atoms with Gasteiger partial charge in [0.25, 0.3) is 11.8 Å². The molecule has 4 heterocycles. The van der Waals surface area contributed by atoms with Crippen LogP contribution >= 0.6 is 0 Å². The van der Waals surface area contributed by atoms with Gasteiger partial charge < -0.3 is 30.1 Å². The third-order valence-electron chi connectivity index (χ3n) is 10.4. The number of fused-ring (bicyclic) bond motifs is 2. The number of rotatable bonds is 8. The van der Waals surface area contributed by atoms with Crippen molar-refractivity contribution in [2.75, 3.05) is 72.1 Å². The lowest BCUT2D eigenvalue weighted by Gasteiger charge is -2.35. The van der Waals surface area contributed by atoms with Crippen molar-refractivity contribution in [1.29, 1.82) is 5.26 Å². The van der Waals surface area contributed by atoms with Gasteiger partial charge in [-0.3, -0.25) is 14.4 Å². The third-order valence-corrected chi connectivity index (χ3v) is 10.4. The lowest BCUT2D eigenvalue weighted by Crippen LogP contribution is -2.46. The highest BCUT2D eigenvalue weighted by Gasteiger charge is 2.45. The Hall–Kier alpha value is -4.71. The van der Waals surface area contributed by atoms with Gasteiger partial charge in [0.1, 0.15) is 6.04 Å². The maximum absolute atomic E-state index is 13.6. The molecule has 7 rings (SSSR count). The van der Waals surface area contributed by atoms with Crippen molar-refractivity contribution in [3.63, 3.8) is 0 Å². The molecule has 0 spiro atoms. The molecule has 3 aromatic rings. The Morgan fingerprint density at radius 3 is 2.20 bits per heavy atom. The number of ether oxygens (including phenoxy) is 1. The summed E-state index contributed by atoms with van der Waals surface area (Å²) in [5.41, 5.74) is 4.29. The van der Waals surface area contributed by atoms with Crippen molar-refractivity contribution < 1.29 is 19.1 Å². The van der Waals surface area contributed by atoms with Gasteiger partial charge in [-0.2, -0.15) is 10.5 Å². The summed E-state index contributed by atoms with van der Waals surface area (Å²) in [6.07, 6.45) is 3.30. The number of hydrogen-bond acceptors (Lipinski definition) is 10. The number of hydrogen-bond donors (Lipinski definition) is 3. The molecule has 3 saturated heterocycles. The third kappa shape index (κ3) is 6.41. The summed E-state index contributed by atoms with van der Waals surface area (Å²) in [5, 5.41) is 31.9. The molecule has 0 radical (unpaired) electrons. The van der Waals surface area contributed by atoms with E-state index in [1.165, 1.54) is 0 Å². The van der Waals surface area contributed by atoms with Gasteiger partial charge in [0, 0.05) is 56.9 Å². The van der Waals surface area contributed by atoms with Gasteiger partial charge in [-0.25, -0.2) is 0 Å². The molecule has 14 heteroatoms. The van der Waals surface area contributed by atoms with Crippen LogP contribution < -0.4 is 10.6 Å². The summed E-state index contributed by atoms with van der Waals surface area (Å²) in [5.74, 6) is 0.358. The second kappa shape index (κ2) is 14.4. The Bertz CT molecular complexity index is 1640. The van der Waals surface area contributed by atoms with Crippen molar-refractivity contribution in [2.24, 2.45) is 0 Å².